The molecule has 0 fully saturated rings. The maximum atomic E-state index is 12.9. The normalized spacial score (nSPS) is 15.5. The van der Waals surface area contributed by atoms with E-state index >= 15 is 0 Å². The Kier molecular flexibility index (Phi) is 4.15. The molecule has 1 aliphatic rings. The number of fused-ring (bicyclic) bond motifs is 1. The fourth-order valence-electron chi connectivity index (χ4n) is 2.64. The van der Waals surface area contributed by atoms with Crippen LogP contribution in [0.1, 0.15) is 33.2 Å². The van der Waals surface area contributed by atoms with Crippen molar-refractivity contribution in [3.8, 4) is 5.88 Å². The SMILES string of the molecule is COC(=O)c1cc(=O)n2c(c1C(=O)c1ccc(Cl)cc1)OC(C)C2. The van der Waals surface area contributed by atoms with Crippen LogP contribution in [0.4, 0.5) is 0 Å². The first kappa shape index (κ1) is 16.3. The van der Waals surface area contributed by atoms with Gasteiger partial charge in [-0.1, -0.05) is 11.6 Å². The molecule has 0 saturated heterocycles. The highest BCUT2D eigenvalue weighted by Gasteiger charge is 2.32. The second kappa shape index (κ2) is 6.13. The van der Waals surface area contributed by atoms with E-state index in [1.54, 1.807) is 31.2 Å². The fraction of sp³-hybridized carbons (Fsp3) is 0.235. The number of aromatic nitrogens is 1. The van der Waals surface area contributed by atoms with Crippen LogP contribution in [-0.2, 0) is 11.3 Å². The molecule has 0 radical (unpaired) electrons. The fourth-order valence-corrected chi connectivity index (χ4v) is 2.77. The van der Waals surface area contributed by atoms with Gasteiger partial charge in [-0.3, -0.25) is 14.2 Å². The second-order valence-electron chi connectivity index (χ2n) is 5.44. The number of carbonyl (C=O) groups excluding carboxylic acids is 2. The van der Waals surface area contributed by atoms with E-state index in [1.165, 1.54) is 11.7 Å². The van der Waals surface area contributed by atoms with Crippen LogP contribution in [0, 0.1) is 0 Å². The minimum atomic E-state index is -0.768. The average molecular weight is 348 g/mol. The Morgan fingerprint density at radius 2 is 1.96 bits per heavy atom. The molecule has 0 bridgehead atoms. The minimum absolute atomic E-state index is 0.0214. The number of methoxy groups -OCH3 is 1. The lowest BCUT2D eigenvalue weighted by atomic mass is 9.99. The third-order valence-electron chi connectivity index (χ3n) is 3.75. The lowest BCUT2D eigenvalue weighted by molar-refractivity contribution is 0.0596. The number of carbonyl (C=O) groups is 2. The van der Waals surface area contributed by atoms with E-state index in [4.69, 9.17) is 21.1 Å². The van der Waals surface area contributed by atoms with Crippen molar-refractivity contribution in [1.82, 2.24) is 4.57 Å². The van der Waals surface area contributed by atoms with Crippen molar-refractivity contribution < 1.29 is 19.1 Å². The number of ether oxygens (including phenoxy) is 2. The van der Waals surface area contributed by atoms with Gasteiger partial charge in [-0.05, 0) is 31.2 Å². The number of hydrogen-bond acceptors (Lipinski definition) is 5. The third-order valence-corrected chi connectivity index (χ3v) is 4.01. The van der Waals surface area contributed by atoms with Crippen molar-refractivity contribution in [1.29, 1.82) is 0 Å². The van der Waals surface area contributed by atoms with Crippen molar-refractivity contribution in [2.45, 2.75) is 19.6 Å². The van der Waals surface area contributed by atoms with E-state index in [0.29, 0.717) is 17.1 Å². The quantitative estimate of drug-likeness (QED) is 0.629. The minimum Gasteiger partial charge on any atom is -0.473 e. The van der Waals surface area contributed by atoms with Gasteiger partial charge in [0, 0.05) is 16.7 Å². The molecule has 2 aromatic rings. The van der Waals surface area contributed by atoms with Crippen molar-refractivity contribution in [3.05, 3.63) is 62.4 Å². The number of rotatable bonds is 3. The van der Waals surface area contributed by atoms with Gasteiger partial charge in [-0.25, -0.2) is 4.79 Å². The third kappa shape index (κ3) is 2.69. The summed E-state index contributed by atoms with van der Waals surface area (Å²) in [5.41, 5.74) is -0.174. The Bertz CT molecular complexity index is 885. The predicted octanol–water partition coefficient (Wildman–Crippen LogP) is 2.30. The summed E-state index contributed by atoms with van der Waals surface area (Å²) in [4.78, 5) is 37.2. The largest absolute Gasteiger partial charge is 0.473 e. The summed E-state index contributed by atoms with van der Waals surface area (Å²) in [6, 6.07) is 7.36. The zero-order valence-corrected chi connectivity index (χ0v) is 13.8. The summed E-state index contributed by atoms with van der Waals surface area (Å²) < 4.78 is 11.7. The van der Waals surface area contributed by atoms with Crippen LogP contribution in [0.3, 0.4) is 0 Å². The first-order valence-corrected chi connectivity index (χ1v) is 7.63. The first-order valence-electron chi connectivity index (χ1n) is 7.25. The van der Waals surface area contributed by atoms with Gasteiger partial charge in [0.1, 0.15) is 6.10 Å². The first-order chi connectivity index (χ1) is 11.4. The summed E-state index contributed by atoms with van der Waals surface area (Å²) in [7, 11) is 1.19. The molecule has 1 unspecified atom stereocenters. The van der Waals surface area contributed by atoms with Crippen LogP contribution < -0.4 is 10.3 Å². The van der Waals surface area contributed by atoms with Gasteiger partial charge in [-0.15, -0.1) is 0 Å². The van der Waals surface area contributed by atoms with E-state index < -0.39 is 17.3 Å². The van der Waals surface area contributed by atoms with Crippen LogP contribution in [0.15, 0.2) is 35.1 Å². The number of benzene rings is 1. The molecule has 124 valence electrons. The van der Waals surface area contributed by atoms with Crippen molar-refractivity contribution in [2.75, 3.05) is 7.11 Å². The van der Waals surface area contributed by atoms with Crippen LogP contribution in [0.2, 0.25) is 5.02 Å². The summed E-state index contributed by atoms with van der Waals surface area (Å²) in [5, 5.41) is 0.485. The Hall–Kier alpha value is -2.60. The molecule has 1 aliphatic heterocycles. The Labute approximate surface area is 142 Å². The summed E-state index contributed by atoms with van der Waals surface area (Å²) in [6.07, 6.45) is -0.276. The molecule has 1 aromatic heterocycles. The van der Waals surface area contributed by atoms with E-state index in [1.807, 2.05) is 0 Å². The molecule has 3 rings (SSSR count). The maximum absolute atomic E-state index is 12.9. The molecule has 0 aliphatic carbocycles. The Morgan fingerprint density at radius 3 is 2.58 bits per heavy atom. The van der Waals surface area contributed by atoms with Gasteiger partial charge in [0.25, 0.3) is 5.56 Å². The lowest BCUT2D eigenvalue weighted by Crippen LogP contribution is -2.23. The molecule has 0 amide bonds. The van der Waals surface area contributed by atoms with E-state index in [0.717, 1.165) is 6.07 Å². The molecule has 0 saturated carbocycles. The van der Waals surface area contributed by atoms with Gasteiger partial charge in [-0.2, -0.15) is 0 Å². The number of nitrogens with zero attached hydrogens (tertiary/aromatic N) is 1. The van der Waals surface area contributed by atoms with Crippen LogP contribution in [0.25, 0.3) is 0 Å². The lowest BCUT2D eigenvalue weighted by Gasteiger charge is -2.12. The molecule has 24 heavy (non-hydrogen) atoms. The van der Waals surface area contributed by atoms with Crippen LogP contribution in [-0.4, -0.2) is 29.5 Å². The van der Waals surface area contributed by atoms with Gasteiger partial charge >= 0.3 is 5.97 Å². The van der Waals surface area contributed by atoms with Crippen LogP contribution in [0.5, 0.6) is 5.88 Å². The molecule has 6 nitrogen and oxygen atoms in total. The molecule has 2 heterocycles. The number of hydrogen-bond donors (Lipinski definition) is 0. The number of halogens is 1. The Balaban J connectivity index is 2.23. The van der Waals surface area contributed by atoms with Gasteiger partial charge in [0.2, 0.25) is 5.88 Å². The zero-order valence-electron chi connectivity index (χ0n) is 13.0. The Morgan fingerprint density at radius 1 is 1.29 bits per heavy atom. The number of esters is 1. The summed E-state index contributed by atoms with van der Waals surface area (Å²) >= 11 is 5.84. The number of pyridine rings is 1. The highest BCUT2D eigenvalue weighted by atomic mass is 35.5. The molecule has 0 spiro atoms. The molecular weight excluding hydrogens is 334 g/mol. The van der Waals surface area contributed by atoms with Crippen molar-refractivity contribution in [2.24, 2.45) is 0 Å². The van der Waals surface area contributed by atoms with Gasteiger partial charge in [0.05, 0.1) is 24.8 Å². The van der Waals surface area contributed by atoms with E-state index in [-0.39, 0.29) is 23.1 Å². The van der Waals surface area contributed by atoms with Gasteiger partial charge < -0.3 is 9.47 Å². The maximum Gasteiger partial charge on any atom is 0.339 e. The monoisotopic (exact) mass is 347 g/mol. The topological polar surface area (TPSA) is 74.6 Å². The van der Waals surface area contributed by atoms with E-state index in [9.17, 15) is 14.4 Å². The highest BCUT2D eigenvalue weighted by molar-refractivity contribution is 6.30. The van der Waals surface area contributed by atoms with Crippen LogP contribution >= 0.6 is 11.6 Å². The average Bonchev–Trinajstić information content (AvgIpc) is 2.96. The molecule has 1 atom stereocenters. The second-order valence-corrected chi connectivity index (χ2v) is 5.88. The predicted molar refractivity (Wildman–Crippen MR) is 87.0 cm³/mol. The van der Waals surface area contributed by atoms with Crippen molar-refractivity contribution in [3.63, 3.8) is 0 Å². The summed E-state index contributed by atoms with van der Waals surface area (Å²) in [6.45, 7) is 2.09. The van der Waals surface area contributed by atoms with E-state index in [2.05, 4.69) is 0 Å². The standard InChI is InChI=1S/C17H14ClNO5/c1-9-8-19-13(20)7-12(17(22)23-2)14(16(19)24-9)15(21)10-3-5-11(18)6-4-10/h3-7,9H,8H2,1-2H3. The van der Waals surface area contributed by atoms with Crippen molar-refractivity contribution >= 4 is 23.4 Å². The molecule has 7 heteroatoms. The van der Waals surface area contributed by atoms with Gasteiger partial charge in [0.15, 0.2) is 5.78 Å². The molecular formula is C17H14ClNO5. The highest BCUT2D eigenvalue weighted by Crippen LogP contribution is 2.30. The molecule has 1 aromatic carbocycles. The number of ketones is 1. The zero-order chi connectivity index (χ0) is 17.4. The smallest absolute Gasteiger partial charge is 0.339 e. The summed E-state index contributed by atoms with van der Waals surface area (Å²) in [5.74, 6) is -1.11. The molecule has 0 N–H and O–H groups in total.